The van der Waals surface area contributed by atoms with Crippen LogP contribution in [0, 0.1) is 0 Å². The van der Waals surface area contributed by atoms with Crippen molar-refractivity contribution >= 4 is 33.5 Å². The number of Topliss-reactive ketones (excluding diaryl/α,β-unsaturated/α-hetero) is 1. The first-order valence-electron chi connectivity index (χ1n) is 7.96. The average Bonchev–Trinajstić information content (AvgIpc) is 2.64. The third kappa shape index (κ3) is 5.83. The second-order valence-corrected chi connectivity index (χ2v) is 6.40. The van der Waals surface area contributed by atoms with Crippen LogP contribution in [0.3, 0.4) is 0 Å². The Labute approximate surface area is 154 Å². The van der Waals surface area contributed by atoms with Gasteiger partial charge in [0.25, 0.3) is 5.91 Å². The SMILES string of the molecule is CCc1ccc(C(=O)NNC(=O)CCC(=O)c2ccc(Br)cc2)cc1. The molecular formula is C19H19BrN2O3. The summed E-state index contributed by atoms with van der Waals surface area (Å²) in [6, 6.07) is 14.1. The standard InChI is InChI=1S/C19H19BrN2O3/c1-2-13-3-5-15(6-4-13)19(25)22-21-18(24)12-11-17(23)14-7-9-16(20)10-8-14/h3-10H,2,11-12H2,1H3,(H,21,24)(H,22,25). The van der Waals surface area contributed by atoms with E-state index in [9.17, 15) is 14.4 Å². The fraction of sp³-hybridized carbons (Fsp3) is 0.211. The first-order valence-corrected chi connectivity index (χ1v) is 8.75. The predicted molar refractivity (Wildman–Crippen MR) is 99.1 cm³/mol. The third-order valence-corrected chi connectivity index (χ3v) is 4.21. The highest BCUT2D eigenvalue weighted by molar-refractivity contribution is 9.10. The lowest BCUT2D eigenvalue weighted by molar-refractivity contribution is -0.121. The van der Waals surface area contributed by atoms with Gasteiger partial charge in [0.05, 0.1) is 0 Å². The number of rotatable bonds is 6. The fourth-order valence-electron chi connectivity index (χ4n) is 2.16. The maximum absolute atomic E-state index is 12.0. The summed E-state index contributed by atoms with van der Waals surface area (Å²) in [6.45, 7) is 2.03. The monoisotopic (exact) mass is 402 g/mol. The quantitative estimate of drug-likeness (QED) is 0.573. The van der Waals surface area contributed by atoms with Gasteiger partial charge >= 0.3 is 0 Å². The molecule has 25 heavy (non-hydrogen) atoms. The van der Waals surface area contributed by atoms with E-state index in [2.05, 4.69) is 26.8 Å². The van der Waals surface area contributed by atoms with Crippen molar-refractivity contribution in [1.82, 2.24) is 10.9 Å². The van der Waals surface area contributed by atoms with Crippen LogP contribution in [0.25, 0.3) is 0 Å². The Morgan fingerprint density at radius 3 is 2.04 bits per heavy atom. The van der Waals surface area contributed by atoms with Crippen LogP contribution >= 0.6 is 15.9 Å². The molecule has 0 radical (unpaired) electrons. The number of halogens is 1. The van der Waals surface area contributed by atoms with E-state index in [1.807, 2.05) is 19.1 Å². The van der Waals surface area contributed by atoms with Crippen molar-refractivity contribution in [2.45, 2.75) is 26.2 Å². The van der Waals surface area contributed by atoms with Crippen molar-refractivity contribution in [2.24, 2.45) is 0 Å². The molecule has 2 aromatic rings. The van der Waals surface area contributed by atoms with E-state index in [0.717, 1.165) is 16.5 Å². The van der Waals surface area contributed by atoms with Gasteiger partial charge in [-0.25, -0.2) is 0 Å². The van der Waals surface area contributed by atoms with Gasteiger partial charge in [-0.3, -0.25) is 25.2 Å². The van der Waals surface area contributed by atoms with E-state index in [4.69, 9.17) is 0 Å². The van der Waals surface area contributed by atoms with Crippen molar-refractivity contribution in [3.05, 3.63) is 69.7 Å². The smallest absolute Gasteiger partial charge is 0.269 e. The molecule has 2 rings (SSSR count). The van der Waals surface area contributed by atoms with Crippen LogP contribution in [-0.2, 0) is 11.2 Å². The Morgan fingerprint density at radius 2 is 1.44 bits per heavy atom. The number of benzene rings is 2. The van der Waals surface area contributed by atoms with Gasteiger partial charge in [0.2, 0.25) is 5.91 Å². The summed E-state index contributed by atoms with van der Waals surface area (Å²) < 4.78 is 0.886. The normalized spacial score (nSPS) is 10.2. The number of ketones is 1. The number of carbonyl (C=O) groups excluding carboxylic acids is 3. The van der Waals surface area contributed by atoms with Crippen molar-refractivity contribution in [3.8, 4) is 0 Å². The van der Waals surface area contributed by atoms with Crippen LogP contribution in [0.1, 0.15) is 46.0 Å². The van der Waals surface area contributed by atoms with Gasteiger partial charge in [0.1, 0.15) is 0 Å². The van der Waals surface area contributed by atoms with Crippen LogP contribution < -0.4 is 10.9 Å². The van der Waals surface area contributed by atoms with Crippen molar-refractivity contribution in [3.63, 3.8) is 0 Å². The minimum Gasteiger partial charge on any atom is -0.294 e. The topological polar surface area (TPSA) is 75.3 Å². The molecule has 0 aliphatic carbocycles. The van der Waals surface area contributed by atoms with Crippen LogP contribution in [0.5, 0.6) is 0 Å². The van der Waals surface area contributed by atoms with Gasteiger partial charge < -0.3 is 0 Å². The summed E-state index contributed by atoms with van der Waals surface area (Å²) in [5.74, 6) is -0.927. The molecule has 0 bridgehead atoms. The van der Waals surface area contributed by atoms with E-state index in [1.54, 1.807) is 36.4 Å². The molecule has 0 fully saturated rings. The number of aryl methyl sites for hydroxylation is 1. The molecule has 130 valence electrons. The molecule has 2 amide bonds. The first-order chi connectivity index (χ1) is 12.0. The summed E-state index contributed by atoms with van der Waals surface area (Å²) in [5.41, 5.74) is 6.82. The molecule has 2 aromatic carbocycles. The van der Waals surface area contributed by atoms with E-state index < -0.39 is 11.8 Å². The van der Waals surface area contributed by atoms with Crippen molar-refractivity contribution in [2.75, 3.05) is 0 Å². The molecule has 0 unspecified atom stereocenters. The highest BCUT2D eigenvalue weighted by atomic mass is 79.9. The van der Waals surface area contributed by atoms with Crippen molar-refractivity contribution in [1.29, 1.82) is 0 Å². The molecule has 2 N–H and O–H groups in total. The van der Waals surface area contributed by atoms with Gasteiger partial charge in [0, 0.05) is 28.4 Å². The lowest BCUT2D eigenvalue weighted by atomic mass is 10.1. The van der Waals surface area contributed by atoms with E-state index in [-0.39, 0.29) is 18.6 Å². The minimum absolute atomic E-state index is 0.00392. The molecule has 0 heterocycles. The Kier molecular flexibility index (Phi) is 6.89. The van der Waals surface area contributed by atoms with Gasteiger partial charge in [-0.05, 0) is 36.2 Å². The van der Waals surface area contributed by atoms with E-state index in [1.165, 1.54) is 0 Å². The summed E-state index contributed by atoms with van der Waals surface area (Å²) in [5, 5.41) is 0. The molecule has 0 aliphatic rings. The molecule has 0 atom stereocenters. The molecular weight excluding hydrogens is 384 g/mol. The highest BCUT2D eigenvalue weighted by Crippen LogP contribution is 2.12. The Balaban J connectivity index is 1.77. The largest absolute Gasteiger partial charge is 0.294 e. The zero-order valence-corrected chi connectivity index (χ0v) is 15.4. The number of hydrogen-bond donors (Lipinski definition) is 2. The Hall–Kier alpha value is -2.47. The minimum atomic E-state index is -0.413. The number of hydrogen-bond acceptors (Lipinski definition) is 3. The maximum atomic E-state index is 12.0. The Morgan fingerprint density at radius 1 is 0.840 bits per heavy atom. The summed E-state index contributed by atoms with van der Waals surface area (Å²) in [4.78, 5) is 35.7. The number of hydrazine groups is 1. The summed E-state index contributed by atoms with van der Waals surface area (Å²) in [7, 11) is 0. The second-order valence-electron chi connectivity index (χ2n) is 5.48. The second kappa shape index (κ2) is 9.13. The lowest BCUT2D eigenvalue weighted by Crippen LogP contribution is -2.41. The van der Waals surface area contributed by atoms with Crippen LogP contribution in [0.15, 0.2) is 53.0 Å². The molecule has 0 spiro atoms. The molecule has 6 heteroatoms. The van der Waals surface area contributed by atoms with Gasteiger partial charge in [-0.1, -0.05) is 47.1 Å². The zero-order valence-electron chi connectivity index (χ0n) is 13.8. The van der Waals surface area contributed by atoms with Gasteiger partial charge in [-0.15, -0.1) is 0 Å². The maximum Gasteiger partial charge on any atom is 0.269 e. The third-order valence-electron chi connectivity index (χ3n) is 3.69. The Bertz CT molecular complexity index is 755. The average molecular weight is 403 g/mol. The lowest BCUT2D eigenvalue weighted by Gasteiger charge is -2.08. The van der Waals surface area contributed by atoms with Crippen LogP contribution in [0.4, 0.5) is 0 Å². The number of carbonyl (C=O) groups is 3. The molecule has 0 saturated heterocycles. The zero-order chi connectivity index (χ0) is 18.2. The molecule has 0 saturated carbocycles. The summed E-state index contributed by atoms with van der Waals surface area (Å²) in [6.07, 6.45) is 0.976. The van der Waals surface area contributed by atoms with Gasteiger partial charge in [0.15, 0.2) is 5.78 Å². The van der Waals surface area contributed by atoms with Crippen molar-refractivity contribution < 1.29 is 14.4 Å². The predicted octanol–water partition coefficient (Wildman–Crippen LogP) is 3.44. The van der Waals surface area contributed by atoms with Crippen LogP contribution in [0.2, 0.25) is 0 Å². The van der Waals surface area contributed by atoms with Crippen LogP contribution in [-0.4, -0.2) is 17.6 Å². The first kappa shape index (κ1) is 18.9. The van der Waals surface area contributed by atoms with Gasteiger partial charge in [-0.2, -0.15) is 0 Å². The highest BCUT2D eigenvalue weighted by Gasteiger charge is 2.11. The van der Waals surface area contributed by atoms with E-state index in [0.29, 0.717) is 11.1 Å². The fourth-order valence-corrected chi connectivity index (χ4v) is 2.42. The molecule has 0 aliphatic heterocycles. The number of amides is 2. The molecule has 5 nitrogen and oxygen atoms in total. The number of nitrogens with one attached hydrogen (secondary N) is 2. The van der Waals surface area contributed by atoms with E-state index >= 15 is 0 Å². The summed E-state index contributed by atoms with van der Waals surface area (Å²) >= 11 is 3.30. The molecule has 0 aromatic heterocycles.